The second kappa shape index (κ2) is 3.69. The highest BCUT2D eigenvalue weighted by molar-refractivity contribution is 5.97. The molecule has 2 nitrogen and oxygen atoms in total. The molecule has 0 fully saturated rings. The van der Waals surface area contributed by atoms with Gasteiger partial charge < -0.3 is 5.11 Å². The minimum atomic E-state index is -2.88. The zero-order valence-electron chi connectivity index (χ0n) is 7.22. The first kappa shape index (κ1) is 10.6. The Morgan fingerprint density at radius 3 is 2.36 bits per heavy atom. The van der Waals surface area contributed by atoms with Gasteiger partial charge in [0.1, 0.15) is 11.6 Å². The van der Waals surface area contributed by atoms with Gasteiger partial charge in [-0.05, 0) is 19.1 Å². The number of rotatable bonds is 2. The smallest absolute Gasteiger partial charge is 0.264 e. The van der Waals surface area contributed by atoms with Crippen LogP contribution >= 0.6 is 0 Å². The average Bonchev–Trinajstić information content (AvgIpc) is 2.01. The molecule has 76 valence electrons. The Balaban J connectivity index is 3.32. The molecule has 1 aromatic carbocycles. The van der Waals surface area contributed by atoms with E-state index in [1.54, 1.807) is 0 Å². The molecular formula is C9H7F3O2. The van der Waals surface area contributed by atoms with Crippen LogP contribution in [0.2, 0.25) is 0 Å². The molecule has 0 saturated carbocycles. The van der Waals surface area contributed by atoms with Crippen molar-refractivity contribution in [2.45, 2.75) is 13.3 Å². The summed E-state index contributed by atoms with van der Waals surface area (Å²) in [5.74, 6) is -2.60. The minimum absolute atomic E-state index is 0.543. The molecule has 5 heteroatoms. The number of carbonyl (C=O) groups excluding carboxylic acids is 1. The van der Waals surface area contributed by atoms with Crippen molar-refractivity contribution in [3.8, 4) is 5.75 Å². The van der Waals surface area contributed by atoms with Crippen molar-refractivity contribution in [1.29, 1.82) is 0 Å². The van der Waals surface area contributed by atoms with Gasteiger partial charge in [0, 0.05) is 5.56 Å². The molecule has 0 radical (unpaired) electrons. The third kappa shape index (κ3) is 1.86. The van der Waals surface area contributed by atoms with E-state index in [2.05, 4.69) is 0 Å². The number of ketones is 1. The van der Waals surface area contributed by atoms with E-state index in [0.717, 1.165) is 6.92 Å². The van der Waals surface area contributed by atoms with Crippen molar-refractivity contribution in [3.05, 3.63) is 29.1 Å². The Labute approximate surface area is 78.0 Å². The van der Waals surface area contributed by atoms with Crippen LogP contribution < -0.4 is 0 Å². The van der Waals surface area contributed by atoms with Crippen molar-refractivity contribution in [2.24, 2.45) is 0 Å². The molecule has 0 spiro atoms. The molecule has 0 atom stereocenters. The number of phenols is 1. The maximum Gasteiger partial charge on any atom is 0.264 e. The maximum atomic E-state index is 13.0. The van der Waals surface area contributed by atoms with Gasteiger partial charge in [-0.3, -0.25) is 4.79 Å². The number of carbonyl (C=O) groups is 1. The van der Waals surface area contributed by atoms with Crippen molar-refractivity contribution in [2.75, 3.05) is 0 Å². The Kier molecular flexibility index (Phi) is 2.78. The lowest BCUT2D eigenvalue weighted by Crippen LogP contribution is -1.99. The molecule has 0 saturated heterocycles. The number of hydrogen-bond acceptors (Lipinski definition) is 2. The lowest BCUT2D eigenvalue weighted by Gasteiger charge is -2.05. The van der Waals surface area contributed by atoms with Gasteiger partial charge in [-0.2, -0.15) is 0 Å². The van der Waals surface area contributed by atoms with Gasteiger partial charge in [-0.1, -0.05) is 0 Å². The van der Waals surface area contributed by atoms with E-state index in [9.17, 15) is 18.0 Å². The SMILES string of the molecule is CC(=O)c1c(O)cc(C(F)F)cc1F. The van der Waals surface area contributed by atoms with Crippen LogP contribution in [-0.2, 0) is 0 Å². The lowest BCUT2D eigenvalue weighted by atomic mass is 10.1. The summed E-state index contributed by atoms with van der Waals surface area (Å²) < 4.78 is 37.2. The van der Waals surface area contributed by atoms with Crippen molar-refractivity contribution < 1.29 is 23.1 Å². The summed E-state index contributed by atoms with van der Waals surface area (Å²) >= 11 is 0. The zero-order valence-corrected chi connectivity index (χ0v) is 7.22. The first-order chi connectivity index (χ1) is 6.43. The molecule has 0 unspecified atom stereocenters. The second-order valence-corrected chi connectivity index (χ2v) is 2.75. The van der Waals surface area contributed by atoms with Crippen LogP contribution in [0.5, 0.6) is 5.75 Å². The van der Waals surface area contributed by atoms with Crippen molar-refractivity contribution in [1.82, 2.24) is 0 Å². The minimum Gasteiger partial charge on any atom is -0.507 e. The Morgan fingerprint density at radius 1 is 1.43 bits per heavy atom. The fraction of sp³-hybridized carbons (Fsp3) is 0.222. The largest absolute Gasteiger partial charge is 0.507 e. The van der Waals surface area contributed by atoms with Crippen LogP contribution in [0.3, 0.4) is 0 Å². The predicted octanol–water partition coefficient (Wildman–Crippen LogP) is 2.67. The highest BCUT2D eigenvalue weighted by Gasteiger charge is 2.17. The summed E-state index contributed by atoms with van der Waals surface area (Å²) in [6, 6.07) is 1.23. The Bertz CT molecular complexity index is 351. The normalized spacial score (nSPS) is 10.6. The zero-order chi connectivity index (χ0) is 10.9. The van der Waals surface area contributed by atoms with E-state index in [-0.39, 0.29) is 0 Å². The van der Waals surface area contributed by atoms with Gasteiger partial charge in [-0.15, -0.1) is 0 Å². The van der Waals surface area contributed by atoms with Crippen molar-refractivity contribution >= 4 is 5.78 Å². The van der Waals surface area contributed by atoms with E-state index in [0.29, 0.717) is 12.1 Å². The molecule has 14 heavy (non-hydrogen) atoms. The topological polar surface area (TPSA) is 37.3 Å². The quantitative estimate of drug-likeness (QED) is 0.752. The molecule has 0 aliphatic heterocycles. The number of halogens is 3. The lowest BCUT2D eigenvalue weighted by molar-refractivity contribution is 0.101. The van der Waals surface area contributed by atoms with Gasteiger partial charge in [0.2, 0.25) is 0 Å². The summed E-state index contributed by atoms with van der Waals surface area (Å²) in [6.45, 7) is 1.04. The van der Waals surface area contributed by atoms with E-state index < -0.39 is 34.9 Å². The van der Waals surface area contributed by atoms with Crippen LogP contribution in [0.25, 0.3) is 0 Å². The molecular weight excluding hydrogens is 197 g/mol. The molecule has 0 bridgehead atoms. The molecule has 0 heterocycles. The second-order valence-electron chi connectivity index (χ2n) is 2.75. The Morgan fingerprint density at radius 2 is 2.00 bits per heavy atom. The van der Waals surface area contributed by atoms with E-state index in [4.69, 9.17) is 5.11 Å². The van der Waals surface area contributed by atoms with Crippen LogP contribution in [-0.4, -0.2) is 10.9 Å². The molecule has 1 aromatic rings. The first-order valence-electron chi connectivity index (χ1n) is 3.75. The standard InChI is InChI=1S/C9H7F3O2/c1-4(13)8-6(10)2-5(9(11)12)3-7(8)14/h2-3,9,14H,1H3. The fourth-order valence-corrected chi connectivity index (χ4v) is 1.09. The monoisotopic (exact) mass is 204 g/mol. The van der Waals surface area contributed by atoms with Crippen LogP contribution in [0.15, 0.2) is 12.1 Å². The first-order valence-corrected chi connectivity index (χ1v) is 3.75. The molecule has 0 aliphatic carbocycles. The van der Waals surface area contributed by atoms with Gasteiger partial charge in [-0.25, -0.2) is 13.2 Å². The van der Waals surface area contributed by atoms with Crippen molar-refractivity contribution in [3.63, 3.8) is 0 Å². The summed E-state index contributed by atoms with van der Waals surface area (Å²) in [5, 5.41) is 9.10. The molecule has 0 aromatic heterocycles. The summed E-state index contributed by atoms with van der Waals surface area (Å²) in [5.41, 5.74) is -1.21. The maximum absolute atomic E-state index is 13.0. The number of Topliss-reactive ketones (excluding diaryl/α,β-unsaturated/α-hetero) is 1. The number of benzene rings is 1. The highest BCUT2D eigenvalue weighted by Crippen LogP contribution is 2.28. The average molecular weight is 204 g/mol. The fourth-order valence-electron chi connectivity index (χ4n) is 1.09. The van der Waals surface area contributed by atoms with E-state index >= 15 is 0 Å². The number of hydrogen-bond donors (Lipinski definition) is 1. The number of aromatic hydroxyl groups is 1. The summed E-state index contributed by atoms with van der Waals surface area (Å²) in [6.07, 6.45) is -2.88. The van der Waals surface area contributed by atoms with E-state index in [1.807, 2.05) is 0 Å². The third-order valence-corrected chi connectivity index (χ3v) is 1.70. The third-order valence-electron chi connectivity index (χ3n) is 1.70. The van der Waals surface area contributed by atoms with Crippen LogP contribution in [0.4, 0.5) is 13.2 Å². The summed E-state index contributed by atoms with van der Waals surface area (Å²) in [7, 11) is 0. The number of phenolic OH excluding ortho intramolecular Hbond substituents is 1. The van der Waals surface area contributed by atoms with Gasteiger partial charge in [0.15, 0.2) is 5.78 Å². The highest BCUT2D eigenvalue weighted by atomic mass is 19.3. The molecule has 0 amide bonds. The number of alkyl halides is 2. The predicted molar refractivity (Wildman–Crippen MR) is 43.0 cm³/mol. The van der Waals surface area contributed by atoms with Crippen LogP contribution in [0.1, 0.15) is 29.3 Å². The van der Waals surface area contributed by atoms with Gasteiger partial charge in [0.25, 0.3) is 6.43 Å². The van der Waals surface area contributed by atoms with Gasteiger partial charge >= 0.3 is 0 Å². The summed E-state index contributed by atoms with van der Waals surface area (Å²) in [4.78, 5) is 10.8. The van der Waals surface area contributed by atoms with E-state index in [1.165, 1.54) is 0 Å². The van der Waals surface area contributed by atoms with Crippen LogP contribution in [0, 0.1) is 5.82 Å². The molecule has 0 aliphatic rings. The Hall–Kier alpha value is -1.52. The molecule has 1 rings (SSSR count). The molecule has 1 N–H and O–H groups in total. The van der Waals surface area contributed by atoms with Gasteiger partial charge in [0.05, 0.1) is 5.56 Å².